The second-order valence-electron chi connectivity index (χ2n) is 4.51. The van der Waals surface area contributed by atoms with Crippen LogP contribution in [0.25, 0.3) is 0 Å². The fourth-order valence-electron chi connectivity index (χ4n) is 2.02. The van der Waals surface area contributed by atoms with E-state index < -0.39 is 33.7 Å². The van der Waals surface area contributed by atoms with Crippen molar-refractivity contribution in [3.8, 4) is 0 Å². The Bertz CT molecular complexity index is 559. The molecule has 8 heteroatoms. The molecule has 1 aromatic rings. The van der Waals surface area contributed by atoms with Crippen LogP contribution in [-0.4, -0.2) is 30.1 Å². The van der Waals surface area contributed by atoms with Crippen molar-refractivity contribution in [1.82, 2.24) is 5.32 Å². The van der Waals surface area contributed by atoms with E-state index >= 15 is 0 Å². The third-order valence-corrected chi connectivity index (χ3v) is 3.26. The number of carbonyl (C=O) groups is 1. The first-order valence-corrected chi connectivity index (χ1v) is 5.90. The molecule has 1 aliphatic rings. The minimum absolute atomic E-state index is 0.0140. The number of hydrogen-bond acceptors (Lipinski definition) is 4. The lowest BCUT2D eigenvalue weighted by atomic mass is 9.89. The van der Waals surface area contributed by atoms with Crippen LogP contribution < -0.4 is 5.32 Å². The van der Waals surface area contributed by atoms with Crippen molar-refractivity contribution < 1.29 is 23.2 Å². The molecule has 1 N–H and O–H groups in total. The highest BCUT2D eigenvalue weighted by Crippen LogP contribution is 2.26. The Labute approximate surface area is 112 Å². The molecule has 0 saturated heterocycles. The molecule has 1 aliphatic carbocycles. The lowest BCUT2D eigenvalue weighted by molar-refractivity contribution is -0.387. The largest absolute Gasteiger partial charge is 0.381 e. The average Bonchev–Trinajstić information content (AvgIpc) is 2.32. The van der Waals surface area contributed by atoms with Gasteiger partial charge in [-0.3, -0.25) is 14.9 Å². The maximum atomic E-state index is 13.8. The van der Waals surface area contributed by atoms with E-state index in [0.29, 0.717) is 25.0 Å². The summed E-state index contributed by atoms with van der Waals surface area (Å²) >= 11 is 0. The van der Waals surface area contributed by atoms with Crippen molar-refractivity contribution in [2.75, 3.05) is 7.11 Å². The van der Waals surface area contributed by atoms with E-state index in [4.69, 9.17) is 4.74 Å². The van der Waals surface area contributed by atoms with Crippen LogP contribution in [0.1, 0.15) is 23.2 Å². The molecule has 0 heterocycles. The number of benzene rings is 1. The highest BCUT2D eigenvalue weighted by molar-refractivity contribution is 5.95. The molecule has 0 aromatic heterocycles. The molecule has 108 valence electrons. The number of amides is 1. The molecule has 0 atom stereocenters. The fourth-order valence-corrected chi connectivity index (χ4v) is 2.02. The summed E-state index contributed by atoms with van der Waals surface area (Å²) in [5.41, 5.74) is -1.86. The van der Waals surface area contributed by atoms with E-state index in [1.54, 1.807) is 0 Å². The Kier molecular flexibility index (Phi) is 3.93. The maximum absolute atomic E-state index is 13.8. The second-order valence-corrected chi connectivity index (χ2v) is 4.51. The lowest BCUT2D eigenvalue weighted by Crippen LogP contribution is -2.47. The highest BCUT2D eigenvalue weighted by Gasteiger charge is 2.33. The Morgan fingerprint density at radius 3 is 2.65 bits per heavy atom. The van der Waals surface area contributed by atoms with Crippen molar-refractivity contribution in [2.45, 2.75) is 25.0 Å². The first-order valence-electron chi connectivity index (χ1n) is 5.90. The SMILES string of the molecule is COC1CC(NC(=O)c2c(F)ccc([N+](=O)[O-])c2F)C1. The quantitative estimate of drug-likeness (QED) is 0.675. The van der Waals surface area contributed by atoms with Gasteiger partial charge in [0.2, 0.25) is 5.82 Å². The molecule has 0 unspecified atom stereocenters. The van der Waals surface area contributed by atoms with Gasteiger partial charge in [-0.2, -0.15) is 4.39 Å². The van der Waals surface area contributed by atoms with Crippen LogP contribution in [-0.2, 0) is 4.74 Å². The lowest BCUT2D eigenvalue weighted by Gasteiger charge is -2.34. The number of nitro groups is 1. The van der Waals surface area contributed by atoms with Gasteiger partial charge in [-0.15, -0.1) is 0 Å². The Balaban J connectivity index is 2.17. The van der Waals surface area contributed by atoms with Crippen LogP contribution >= 0.6 is 0 Å². The summed E-state index contributed by atoms with van der Waals surface area (Å²) in [6, 6.07) is 1.14. The molecule has 0 aliphatic heterocycles. The Morgan fingerprint density at radius 1 is 1.45 bits per heavy atom. The van der Waals surface area contributed by atoms with E-state index in [1.807, 2.05) is 0 Å². The summed E-state index contributed by atoms with van der Waals surface area (Å²) in [6.07, 6.45) is 1.10. The van der Waals surface area contributed by atoms with Gasteiger partial charge in [0.05, 0.1) is 11.0 Å². The number of nitro benzene ring substituents is 1. The number of rotatable bonds is 4. The molecule has 2 rings (SSSR count). The fraction of sp³-hybridized carbons (Fsp3) is 0.417. The number of ether oxygens (including phenoxy) is 1. The number of carbonyl (C=O) groups excluding carboxylic acids is 1. The van der Waals surface area contributed by atoms with E-state index in [-0.39, 0.29) is 12.1 Å². The van der Waals surface area contributed by atoms with Gasteiger partial charge >= 0.3 is 5.69 Å². The first kappa shape index (κ1) is 14.3. The molecule has 0 radical (unpaired) electrons. The van der Waals surface area contributed by atoms with Crippen LogP contribution in [0.5, 0.6) is 0 Å². The number of nitrogens with zero attached hydrogens (tertiary/aromatic N) is 1. The first-order chi connectivity index (χ1) is 9.43. The standard InChI is InChI=1S/C12H12F2N2O4/c1-20-7-4-6(5-7)15-12(17)10-8(13)2-3-9(11(10)14)16(18)19/h2-3,6-7H,4-5H2,1H3,(H,15,17). The Morgan fingerprint density at radius 2 is 2.10 bits per heavy atom. The zero-order valence-electron chi connectivity index (χ0n) is 10.6. The smallest absolute Gasteiger partial charge is 0.305 e. The second kappa shape index (κ2) is 5.49. The van der Waals surface area contributed by atoms with E-state index in [0.717, 1.165) is 0 Å². The van der Waals surface area contributed by atoms with Crippen LogP contribution in [0.15, 0.2) is 12.1 Å². The summed E-state index contributed by atoms with van der Waals surface area (Å²) in [4.78, 5) is 21.4. The normalized spacial score (nSPS) is 21.1. The number of hydrogen-bond donors (Lipinski definition) is 1. The van der Waals surface area contributed by atoms with Gasteiger partial charge in [-0.1, -0.05) is 0 Å². The third-order valence-electron chi connectivity index (χ3n) is 3.26. The van der Waals surface area contributed by atoms with E-state index in [1.165, 1.54) is 7.11 Å². The minimum atomic E-state index is -1.46. The van der Waals surface area contributed by atoms with Gasteiger partial charge in [-0.05, 0) is 18.9 Å². The monoisotopic (exact) mass is 286 g/mol. The summed E-state index contributed by atoms with van der Waals surface area (Å²) in [5.74, 6) is -3.59. The van der Waals surface area contributed by atoms with Gasteiger partial charge in [0.15, 0.2) is 0 Å². The molecular formula is C12H12F2N2O4. The molecule has 1 amide bonds. The number of nitrogens with one attached hydrogen (secondary N) is 1. The van der Waals surface area contributed by atoms with Gasteiger partial charge in [-0.25, -0.2) is 4.39 Å². The zero-order valence-corrected chi connectivity index (χ0v) is 10.6. The Hall–Kier alpha value is -2.09. The number of methoxy groups -OCH3 is 1. The van der Waals surface area contributed by atoms with Crippen molar-refractivity contribution in [2.24, 2.45) is 0 Å². The molecule has 6 nitrogen and oxygen atoms in total. The molecular weight excluding hydrogens is 274 g/mol. The molecule has 1 fully saturated rings. The van der Waals surface area contributed by atoms with Gasteiger partial charge in [0, 0.05) is 19.2 Å². The van der Waals surface area contributed by atoms with Crippen LogP contribution in [0.3, 0.4) is 0 Å². The molecule has 1 aromatic carbocycles. The van der Waals surface area contributed by atoms with Crippen molar-refractivity contribution >= 4 is 11.6 Å². The number of halogens is 2. The topological polar surface area (TPSA) is 81.5 Å². The van der Waals surface area contributed by atoms with E-state index in [2.05, 4.69) is 5.32 Å². The predicted molar refractivity (Wildman–Crippen MR) is 64.3 cm³/mol. The zero-order chi connectivity index (χ0) is 14.9. The van der Waals surface area contributed by atoms with Crippen molar-refractivity contribution in [1.29, 1.82) is 0 Å². The molecule has 0 spiro atoms. The highest BCUT2D eigenvalue weighted by atomic mass is 19.1. The maximum Gasteiger partial charge on any atom is 0.305 e. The molecule has 20 heavy (non-hydrogen) atoms. The summed E-state index contributed by atoms with van der Waals surface area (Å²) < 4.78 is 32.3. The summed E-state index contributed by atoms with van der Waals surface area (Å²) in [5, 5.41) is 13.0. The third kappa shape index (κ3) is 2.60. The minimum Gasteiger partial charge on any atom is -0.381 e. The average molecular weight is 286 g/mol. The molecule has 1 saturated carbocycles. The van der Waals surface area contributed by atoms with Crippen molar-refractivity contribution in [3.05, 3.63) is 39.4 Å². The summed E-state index contributed by atoms with van der Waals surface area (Å²) in [6.45, 7) is 0. The van der Waals surface area contributed by atoms with Gasteiger partial charge < -0.3 is 10.1 Å². The predicted octanol–water partition coefficient (Wildman–Crippen LogP) is 1.78. The van der Waals surface area contributed by atoms with Crippen LogP contribution in [0.4, 0.5) is 14.5 Å². The van der Waals surface area contributed by atoms with E-state index in [9.17, 15) is 23.7 Å². The van der Waals surface area contributed by atoms with Gasteiger partial charge in [0.1, 0.15) is 11.4 Å². The van der Waals surface area contributed by atoms with Crippen LogP contribution in [0, 0.1) is 21.7 Å². The van der Waals surface area contributed by atoms with Crippen molar-refractivity contribution in [3.63, 3.8) is 0 Å². The van der Waals surface area contributed by atoms with Crippen LogP contribution in [0.2, 0.25) is 0 Å². The van der Waals surface area contributed by atoms with Gasteiger partial charge in [0.25, 0.3) is 5.91 Å². The summed E-state index contributed by atoms with van der Waals surface area (Å²) in [7, 11) is 1.53. The molecule has 0 bridgehead atoms.